The average Bonchev–Trinajstić information content (AvgIpc) is 2.87. The topological polar surface area (TPSA) is 26.3 Å². The minimum atomic E-state index is 0.205. The highest BCUT2D eigenvalue weighted by Crippen LogP contribution is 2.67. The van der Waals surface area contributed by atoms with E-state index in [9.17, 15) is 4.79 Å². The van der Waals surface area contributed by atoms with Gasteiger partial charge in [0.05, 0.1) is 6.10 Å². The van der Waals surface area contributed by atoms with Gasteiger partial charge in [-0.1, -0.05) is 33.3 Å². The summed E-state index contributed by atoms with van der Waals surface area (Å²) in [7, 11) is 1.91. The first-order valence-corrected chi connectivity index (χ1v) is 10.1. The maximum atomic E-state index is 12.3. The third-order valence-corrected chi connectivity index (χ3v) is 8.81. The molecule has 8 atom stereocenters. The first-order chi connectivity index (χ1) is 11.3. The molecule has 0 aliphatic heterocycles. The van der Waals surface area contributed by atoms with Crippen molar-refractivity contribution in [2.24, 2.45) is 40.4 Å². The summed E-state index contributed by atoms with van der Waals surface area (Å²) in [5.41, 5.74) is 2.11. The second-order valence-corrected chi connectivity index (χ2v) is 9.91. The van der Waals surface area contributed by atoms with Gasteiger partial charge in [0, 0.05) is 13.0 Å². The normalized spacial score (nSPS) is 53.9. The molecule has 24 heavy (non-hydrogen) atoms. The van der Waals surface area contributed by atoms with Gasteiger partial charge in [0.25, 0.3) is 0 Å². The molecule has 0 aromatic carbocycles. The van der Waals surface area contributed by atoms with Crippen molar-refractivity contribution < 1.29 is 9.53 Å². The number of ketones is 1. The fourth-order valence-electron chi connectivity index (χ4n) is 7.58. The Labute approximate surface area is 147 Å². The van der Waals surface area contributed by atoms with E-state index in [1.54, 1.807) is 0 Å². The number of rotatable bonds is 1. The summed E-state index contributed by atoms with van der Waals surface area (Å²) in [6, 6.07) is 0. The van der Waals surface area contributed by atoms with Crippen molar-refractivity contribution in [1.29, 1.82) is 0 Å². The van der Waals surface area contributed by atoms with Crippen molar-refractivity contribution in [2.45, 2.75) is 72.3 Å². The summed E-state index contributed by atoms with van der Waals surface area (Å²) in [5.74, 6) is 3.66. The lowest BCUT2D eigenvalue weighted by atomic mass is 9.44. The SMILES string of the molecule is CO[C@H]1CC[C@H]2[C@@H]3[C@@H](C)CC4=CC(=O)[C@H](C)C[C@]4(C)[C@H]3CC[C@]12C. The molecule has 0 heterocycles. The van der Waals surface area contributed by atoms with Gasteiger partial charge in [0.2, 0.25) is 0 Å². The van der Waals surface area contributed by atoms with E-state index < -0.39 is 0 Å². The molecular formula is C22H34O2. The molecule has 4 rings (SSSR count). The molecule has 0 radical (unpaired) electrons. The molecule has 2 heteroatoms. The van der Waals surface area contributed by atoms with Crippen molar-refractivity contribution in [3.8, 4) is 0 Å². The zero-order valence-corrected chi connectivity index (χ0v) is 16.1. The fraction of sp³-hybridized carbons (Fsp3) is 0.864. The highest BCUT2D eigenvalue weighted by atomic mass is 16.5. The van der Waals surface area contributed by atoms with Crippen LogP contribution in [0.3, 0.4) is 0 Å². The van der Waals surface area contributed by atoms with Crippen LogP contribution < -0.4 is 0 Å². The lowest BCUT2D eigenvalue weighted by Crippen LogP contribution is -2.54. The molecule has 0 aromatic rings. The van der Waals surface area contributed by atoms with E-state index in [2.05, 4.69) is 27.7 Å². The van der Waals surface area contributed by atoms with Crippen LogP contribution in [-0.2, 0) is 9.53 Å². The summed E-state index contributed by atoms with van der Waals surface area (Å²) in [6.45, 7) is 9.57. The van der Waals surface area contributed by atoms with Gasteiger partial charge in [0.15, 0.2) is 5.78 Å². The third-order valence-electron chi connectivity index (χ3n) is 8.81. The zero-order valence-electron chi connectivity index (χ0n) is 16.1. The molecule has 0 amide bonds. The number of carbonyl (C=O) groups is 1. The van der Waals surface area contributed by atoms with Crippen molar-refractivity contribution in [2.75, 3.05) is 7.11 Å². The van der Waals surface area contributed by atoms with E-state index in [-0.39, 0.29) is 11.3 Å². The number of methoxy groups -OCH3 is 1. The average molecular weight is 331 g/mol. The van der Waals surface area contributed by atoms with Crippen LogP contribution in [0.4, 0.5) is 0 Å². The van der Waals surface area contributed by atoms with Crippen LogP contribution >= 0.6 is 0 Å². The van der Waals surface area contributed by atoms with E-state index >= 15 is 0 Å². The smallest absolute Gasteiger partial charge is 0.158 e. The third kappa shape index (κ3) is 2.08. The lowest BCUT2D eigenvalue weighted by Gasteiger charge is -2.60. The molecule has 4 aliphatic rings. The highest BCUT2D eigenvalue weighted by Gasteiger charge is 2.61. The Morgan fingerprint density at radius 1 is 1.12 bits per heavy atom. The molecule has 3 saturated carbocycles. The molecule has 134 valence electrons. The molecular weight excluding hydrogens is 296 g/mol. The molecule has 0 bridgehead atoms. The number of ether oxygens (including phenoxy) is 1. The molecule has 2 nitrogen and oxygen atoms in total. The number of carbonyl (C=O) groups excluding carboxylic acids is 1. The summed E-state index contributed by atoms with van der Waals surface area (Å²) >= 11 is 0. The van der Waals surface area contributed by atoms with Crippen LogP contribution in [0.1, 0.15) is 66.2 Å². The van der Waals surface area contributed by atoms with Gasteiger partial charge < -0.3 is 4.74 Å². The monoisotopic (exact) mass is 330 g/mol. The second kappa shape index (κ2) is 5.43. The first-order valence-electron chi connectivity index (χ1n) is 10.1. The van der Waals surface area contributed by atoms with Crippen LogP contribution in [0, 0.1) is 40.4 Å². The van der Waals surface area contributed by atoms with E-state index in [0.29, 0.717) is 23.2 Å². The van der Waals surface area contributed by atoms with Gasteiger partial charge in [-0.3, -0.25) is 4.79 Å². The van der Waals surface area contributed by atoms with E-state index in [1.165, 1.54) is 31.3 Å². The Balaban J connectivity index is 1.72. The van der Waals surface area contributed by atoms with Gasteiger partial charge in [0.1, 0.15) is 0 Å². The van der Waals surface area contributed by atoms with Gasteiger partial charge in [-0.2, -0.15) is 0 Å². The molecule has 4 aliphatic carbocycles. The molecule has 0 spiro atoms. The number of hydrogen-bond donors (Lipinski definition) is 0. The van der Waals surface area contributed by atoms with Crippen molar-refractivity contribution in [3.63, 3.8) is 0 Å². The summed E-state index contributed by atoms with van der Waals surface area (Å²) in [6.07, 6.45) is 9.90. The highest BCUT2D eigenvalue weighted by molar-refractivity contribution is 5.93. The standard InChI is InChI=1S/C22H34O2/c1-13-10-15-11-18(23)14(2)12-22(15,4)17-8-9-21(3)16(20(13)17)6-7-19(21)24-5/h11,13-14,16-17,19-20H,6-10,12H2,1-5H3/t13-,14+,16-,17-,19-,20-,21-,22-/m0/s1. The van der Waals surface area contributed by atoms with Crippen LogP contribution in [0.15, 0.2) is 11.6 Å². The second-order valence-electron chi connectivity index (χ2n) is 9.91. The summed E-state index contributed by atoms with van der Waals surface area (Å²) in [4.78, 5) is 12.3. The fourth-order valence-corrected chi connectivity index (χ4v) is 7.58. The maximum Gasteiger partial charge on any atom is 0.158 e. The van der Waals surface area contributed by atoms with E-state index in [4.69, 9.17) is 4.74 Å². The van der Waals surface area contributed by atoms with Crippen LogP contribution in [-0.4, -0.2) is 19.0 Å². The molecule has 0 aromatic heterocycles. The molecule has 0 N–H and O–H groups in total. The predicted octanol–water partition coefficient (Wildman–Crippen LogP) is 5.03. The summed E-state index contributed by atoms with van der Waals surface area (Å²) in [5, 5.41) is 0. The van der Waals surface area contributed by atoms with Gasteiger partial charge >= 0.3 is 0 Å². The summed E-state index contributed by atoms with van der Waals surface area (Å²) < 4.78 is 5.91. The van der Waals surface area contributed by atoms with Gasteiger partial charge in [-0.25, -0.2) is 0 Å². The maximum absolute atomic E-state index is 12.3. The molecule has 0 unspecified atom stereocenters. The first kappa shape index (κ1) is 16.8. The van der Waals surface area contributed by atoms with Gasteiger partial charge in [-0.15, -0.1) is 0 Å². The van der Waals surface area contributed by atoms with E-state index in [1.807, 2.05) is 13.2 Å². The Bertz CT molecular complexity index is 579. The predicted molar refractivity (Wildman–Crippen MR) is 96.6 cm³/mol. The Hall–Kier alpha value is -0.630. The van der Waals surface area contributed by atoms with Crippen LogP contribution in [0.5, 0.6) is 0 Å². The Morgan fingerprint density at radius 2 is 1.88 bits per heavy atom. The van der Waals surface area contributed by atoms with Crippen molar-refractivity contribution in [3.05, 3.63) is 11.6 Å². The number of allylic oxidation sites excluding steroid dienone is 1. The number of fused-ring (bicyclic) bond motifs is 5. The lowest BCUT2D eigenvalue weighted by molar-refractivity contribution is -0.125. The Morgan fingerprint density at radius 3 is 2.58 bits per heavy atom. The zero-order chi connectivity index (χ0) is 17.3. The number of hydrogen-bond acceptors (Lipinski definition) is 2. The van der Waals surface area contributed by atoms with Crippen LogP contribution in [0.25, 0.3) is 0 Å². The van der Waals surface area contributed by atoms with Crippen LogP contribution in [0.2, 0.25) is 0 Å². The Kier molecular flexibility index (Phi) is 3.81. The quantitative estimate of drug-likeness (QED) is 0.674. The molecule has 0 saturated heterocycles. The van der Waals surface area contributed by atoms with Gasteiger partial charge in [-0.05, 0) is 79.1 Å². The van der Waals surface area contributed by atoms with E-state index in [0.717, 1.165) is 30.6 Å². The minimum absolute atomic E-state index is 0.205. The molecule has 3 fully saturated rings. The minimum Gasteiger partial charge on any atom is -0.381 e. The van der Waals surface area contributed by atoms with Crippen molar-refractivity contribution in [1.82, 2.24) is 0 Å². The largest absolute Gasteiger partial charge is 0.381 e. The van der Waals surface area contributed by atoms with Crippen molar-refractivity contribution >= 4 is 5.78 Å².